The molecule has 11 heteroatoms. The third kappa shape index (κ3) is 4.29. The zero-order chi connectivity index (χ0) is 23.0. The van der Waals surface area contributed by atoms with Crippen LogP contribution >= 0.6 is 0 Å². The van der Waals surface area contributed by atoms with Crippen LogP contribution in [0.4, 0.5) is 5.69 Å². The van der Waals surface area contributed by atoms with Gasteiger partial charge in [0.05, 0.1) is 4.90 Å². The van der Waals surface area contributed by atoms with Crippen molar-refractivity contribution in [2.24, 2.45) is 5.92 Å². The van der Waals surface area contributed by atoms with Gasteiger partial charge in [-0.2, -0.15) is 9.29 Å². The maximum absolute atomic E-state index is 13.2. The lowest BCUT2D eigenvalue weighted by atomic mass is 9.97. The molecule has 0 saturated carbocycles. The number of fused-ring (bicyclic) bond motifs is 1. The highest BCUT2D eigenvalue weighted by molar-refractivity contribution is 7.89. The van der Waals surface area contributed by atoms with E-state index in [4.69, 9.17) is 14.0 Å². The van der Waals surface area contributed by atoms with Gasteiger partial charge in [-0.25, -0.2) is 8.42 Å². The second-order valence-electron chi connectivity index (χ2n) is 7.90. The molecular weight excluding hydrogens is 448 g/mol. The molecule has 2 aromatic carbocycles. The second kappa shape index (κ2) is 8.49. The van der Waals surface area contributed by atoms with Crippen molar-refractivity contribution >= 4 is 21.6 Å². The zero-order valence-corrected chi connectivity index (χ0v) is 18.7. The van der Waals surface area contributed by atoms with Gasteiger partial charge in [0.25, 0.3) is 0 Å². The van der Waals surface area contributed by atoms with Crippen LogP contribution in [0.25, 0.3) is 11.4 Å². The van der Waals surface area contributed by atoms with Crippen molar-refractivity contribution in [1.29, 1.82) is 0 Å². The minimum absolute atomic E-state index is 0.139. The van der Waals surface area contributed by atoms with E-state index in [0.717, 1.165) is 0 Å². The lowest BCUT2D eigenvalue weighted by molar-refractivity contribution is -0.120. The molecule has 0 aliphatic carbocycles. The third-order valence-corrected chi connectivity index (χ3v) is 7.62. The van der Waals surface area contributed by atoms with Crippen LogP contribution in [0.1, 0.15) is 18.7 Å². The number of aromatic nitrogens is 2. The van der Waals surface area contributed by atoms with Gasteiger partial charge in [0, 0.05) is 43.2 Å². The average Bonchev–Trinajstić information content (AvgIpc) is 3.48. The van der Waals surface area contributed by atoms with Crippen molar-refractivity contribution in [3.05, 3.63) is 48.4 Å². The predicted octanol–water partition coefficient (Wildman–Crippen LogP) is 2.81. The lowest BCUT2D eigenvalue weighted by Gasteiger charge is -2.30. The number of carbonyl (C=O) groups is 1. The first-order valence-corrected chi connectivity index (χ1v) is 12.0. The van der Waals surface area contributed by atoms with Crippen molar-refractivity contribution < 1.29 is 27.2 Å². The summed E-state index contributed by atoms with van der Waals surface area (Å²) in [4.78, 5) is 17.0. The minimum Gasteiger partial charge on any atom is -0.454 e. The fourth-order valence-corrected chi connectivity index (χ4v) is 5.45. The topological polar surface area (TPSA) is 124 Å². The average molecular weight is 471 g/mol. The molecule has 3 heterocycles. The second-order valence-corrected chi connectivity index (χ2v) is 9.84. The van der Waals surface area contributed by atoms with Crippen molar-refractivity contribution in [3.63, 3.8) is 0 Å². The Labute approximate surface area is 190 Å². The summed E-state index contributed by atoms with van der Waals surface area (Å²) >= 11 is 0. The van der Waals surface area contributed by atoms with E-state index in [9.17, 15) is 13.2 Å². The van der Waals surface area contributed by atoms with Crippen LogP contribution in [0.2, 0.25) is 0 Å². The zero-order valence-electron chi connectivity index (χ0n) is 17.9. The van der Waals surface area contributed by atoms with Crippen molar-refractivity contribution in [3.8, 4) is 22.9 Å². The van der Waals surface area contributed by atoms with Crippen LogP contribution in [0.15, 0.2) is 51.9 Å². The number of hydrogen-bond acceptors (Lipinski definition) is 8. The molecule has 1 saturated heterocycles. The summed E-state index contributed by atoms with van der Waals surface area (Å²) in [6, 6.07) is 11.7. The first kappa shape index (κ1) is 21.4. The van der Waals surface area contributed by atoms with Crippen LogP contribution in [-0.2, 0) is 14.8 Å². The van der Waals surface area contributed by atoms with Gasteiger partial charge in [-0.05, 0) is 37.1 Å². The van der Waals surface area contributed by atoms with Gasteiger partial charge in [0.15, 0.2) is 11.5 Å². The van der Waals surface area contributed by atoms with E-state index in [0.29, 0.717) is 47.3 Å². The molecule has 172 valence electrons. The number of nitrogens with zero attached hydrogens (tertiary/aromatic N) is 3. The molecule has 2 aliphatic rings. The predicted molar refractivity (Wildman–Crippen MR) is 117 cm³/mol. The van der Waals surface area contributed by atoms with Crippen LogP contribution in [-0.4, -0.2) is 48.7 Å². The van der Waals surface area contributed by atoms with Gasteiger partial charge in [0.1, 0.15) is 0 Å². The van der Waals surface area contributed by atoms with Gasteiger partial charge < -0.3 is 19.3 Å². The Kier molecular flexibility index (Phi) is 5.51. The number of aryl methyl sites for hydroxylation is 1. The van der Waals surface area contributed by atoms with E-state index >= 15 is 0 Å². The number of carbonyl (C=O) groups excluding carboxylic acids is 1. The maximum atomic E-state index is 13.2. The molecule has 0 atom stereocenters. The van der Waals surface area contributed by atoms with Gasteiger partial charge in [-0.1, -0.05) is 17.3 Å². The number of anilines is 1. The highest BCUT2D eigenvalue weighted by Gasteiger charge is 2.32. The van der Waals surface area contributed by atoms with Crippen molar-refractivity contribution in [2.75, 3.05) is 25.2 Å². The van der Waals surface area contributed by atoms with Gasteiger partial charge >= 0.3 is 0 Å². The number of amides is 1. The highest BCUT2D eigenvalue weighted by atomic mass is 32.2. The molecule has 3 aromatic rings. The number of benzene rings is 2. The van der Waals surface area contributed by atoms with Gasteiger partial charge in [-0.3, -0.25) is 4.79 Å². The minimum atomic E-state index is -3.72. The number of ether oxygens (including phenoxy) is 2. The molecule has 1 amide bonds. The number of rotatable bonds is 5. The number of nitrogens with one attached hydrogen (secondary N) is 1. The maximum Gasteiger partial charge on any atom is 0.243 e. The number of sulfonamides is 1. The highest BCUT2D eigenvalue weighted by Crippen LogP contribution is 2.34. The smallest absolute Gasteiger partial charge is 0.243 e. The first-order valence-electron chi connectivity index (χ1n) is 10.5. The number of hydrogen-bond donors (Lipinski definition) is 1. The summed E-state index contributed by atoms with van der Waals surface area (Å²) in [7, 11) is -3.72. The van der Waals surface area contributed by atoms with Crippen molar-refractivity contribution in [2.45, 2.75) is 24.7 Å². The summed E-state index contributed by atoms with van der Waals surface area (Å²) in [6.45, 7) is 2.35. The molecule has 2 aliphatic heterocycles. The van der Waals surface area contributed by atoms with Crippen LogP contribution in [0.3, 0.4) is 0 Å². The van der Waals surface area contributed by atoms with E-state index in [2.05, 4.69) is 15.5 Å². The van der Waals surface area contributed by atoms with Crippen molar-refractivity contribution in [1.82, 2.24) is 14.4 Å². The molecule has 0 bridgehead atoms. The SMILES string of the molecule is Cc1nc(-c2cccc(S(=O)(=O)N3CCC(C(=O)Nc4ccc5c(c4)OCO5)CC3)c2)no1. The molecule has 0 spiro atoms. The molecule has 5 rings (SSSR count). The standard InChI is InChI=1S/C22H22N4O6S/c1-14-23-21(25-32-14)16-3-2-4-18(11-16)33(28,29)26-9-7-15(8-10-26)22(27)24-17-5-6-19-20(12-17)31-13-30-19/h2-6,11-12,15H,7-10,13H2,1H3,(H,24,27). The molecule has 0 radical (unpaired) electrons. The summed E-state index contributed by atoms with van der Waals surface area (Å²) in [5, 5.41) is 6.74. The van der Waals surface area contributed by atoms with Crippen LogP contribution in [0.5, 0.6) is 11.5 Å². The molecule has 1 fully saturated rings. The summed E-state index contributed by atoms with van der Waals surface area (Å²) in [5.74, 6) is 1.55. The first-order chi connectivity index (χ1) is 15.9. The molecule has 10 nitrogen and oxygen atoms in total. The fraction of sp³-hybridized carbons (Fsp3) is 0.318. The Bertz CT molecular complexity index is 1300. The van der Waals surface area contributed by atoms with Crippen LogP contribution < -0.4 is 14.8 Å². The largest absolute Gasteiger partial charge is 0.454 e. The summed E-state index contributed by atoms with van der Waals surface area (Å²) in [6.07, 6.45) is 0.860. The lowest BCUT2D eigenvalue weighted by Crippen LogP contribution is -2.41. The van der Waals surface area contributed by atoms with Crippen LogP contribution in [0, 0.1) is 12.8 Å². The Morgan fingerprint density at radius 1 is 1.09 bits per heavy atom. The Hall–Kier alpha value is -3.44. The quantitative estimate of drug-likeness (QED) is 0.604. The molecular formula is C22H22N4O6S. The Morgan fingerprint density at radius 3 is 2.64 bits per heavy atom. The number of piperidine rings is 1. The molecule has 1 aromatic heterocycles. The molecule has 33 heavy (non-hydrogen) atoms. The normalized spacial score (nSPS) is 16.6. The van der Waals surface area contributed by atoms with E-state index < -0.39 is 10.0 Å². The van der Waals surface area contributed by atoms with Gasteiger partial charge in [0.2, 0.25) is 34.4 Å². The monoisotopic (exact) mass is 470 g/mol. The Morgan fingerprint density at radius 2 is 1.88 bits per heavy atom. The van der Waals surface area contributed by atoms with E-state index in [1.165, 1.54) is 10.4 Å². The Balaban J connectivity index is 1.23. The van der Waals surface area contributed by atoms with E-state index in [1.54, 1.807) is 43.3 Å². The molecule has 0 unspecified atom stereocenters. The van der Waals surface area contributed by atoms with Gasteiger partial charge in [-0.15, -0.1) is 0 Å². The summed E-state index contributed by atoms with van der Waals surface area (Å²) < 4.78 is 43.4. The third-order valence-electron chi connectivity index (χ3n) is 5.72. The molecule has 1 N–H and O–H groups in total. The summed E-state index contributed by atoms with van der Waals surface area (Å²) in [5.41, 5.74) is 1.18. The van der Waals surface area contributed by atoms with E-state index in [1.807, 2.05) is 0 Å². The van der Waals surface area contributed by atoms with E-state index in [-0.39, 0.29) is 36.6 Å². The fourth-order valence-electron chi connectivity index (χ4n) is 3.94.